The van der Waals surface area contributed by atoms with Crippen LogP contribution in [-0.2, 0) is 0 Å². The predicted molar refractivity (Wildman–Crippen MR) is 142 cm³/mol. The van der Waals surface area contributed by atoms with E-state index in [2.05, 4.69) is 46.4 Å². The summed E-state index contributed by atoms with van der Waals surface area (Å²) < 4.78 is 16.4. The van der Waals surface area contributed by atoms with Crippen molar-refractivity contribution >= 4 is 11.5 Å². The van der Waals surface area contributed by atoms with Crippen molar-refractivity contribution in [1.82, 2.24) is 14.7 Å². The highest BCUT2D eigenvalue weighted by atomic mass is 19.1. The number of anilines is 2. The van der Waals surface area contributed by atoms with Gasteiger partial charge in [0.2, 0.25) is 0 Å². The van der Waals surface area contributed by atoms with Gasteiger partial charge >= 0.3 is 0 Å². The zero-order chi connectivity index (χ0) is 25.1. The van der Waals surface area contributed by atoms with Crippen molar-refractivity contribution in [2.45, 2.75) is 31.7 Å². The molecule has 36 heavy (non-hydrogen) atoms. The monoisotopic (exact) mass is 487 g/mol. The lowest BCUT2D eigenvalue weighted by Gasteiger charge is -2.34. The van der Waals surface area contributed by atoms with Crippen LogP contribution in [0.15, 0.2) is 48.5 Å². The number of likely N-dealkylation sites (N-methyl/N-ethyl adjacent to an activating group) is 1. The van der Waals surface area contributed by atoms with E-state index in [0.29, 0.717) is 11.5 Å². The maximum atomic E-state index is 14.5. The maximum Gasteiger partial charge on any atom is 0.149 e. The molecule has 1 aliphatic heterocycles. The van der Waals surface area contributed by atoms with Crippen molar-refractivity contribution in [3.63, 3.8) is 0 Å². The lowest BCUT2D eigenvalue weighted by molar-refractivity contribution is 0.313. The van der Waals surface area contributed by atoms with Crippen LogP contribution in [0.1, 0.15) is 31.2 Å². The topological polar surface area (TPSA) is 86.1 Å². The smallest absolute Gasteiger partial charge is 0.149 e. The second-order valence-corrected chi connectivity index (χ2v) is 10.1. The number of piperazine rings is 1. The zero-order valence-electron chi connectivity index (χ0n) is 20.8. The Balaban J connectivity index is 1.42. The van der Waals surface area contributed by atoms with E-state index in [-0.39, 0.29) is 11.6 Å². The van der Waals surface area contributed by atoms with Gasteiger partial charge in [-0.15, -0.1) is 5.10 Å². The summed E-state index contributed by atoms with van der Waals surface area (Å²) in [5.74, 6) is 0.744. The zero-order valence-corrected chi connectivity index (χ0v) is 20.8. The van der Waals surface area contributed by atoms with Crippen LogP contribution in [0, 0.1) is 23.1 Å². The Labute approximate surface area is 212 Å². The molecular formula is C28H34FN7. The first-order chi connectivity index (χ1) is 17.5. The highest BCUT2D eigenvalue weighted by molar-refractivity contribution is 5.67. The van der Waals surface area contributed by atoms with E-state index in [4.69, 9.17) is 16.1 Å². The number of nitrogens with two attached hydrogens (primary N) is 1. The summed E-state index contributed by atoms with van der Waals surface area (Å²) in [4.78, 5) is 4.73. The summed E-state index contributed by atoms with van der Waals surface area (Å²) in [6, 6.07) is 17.2. The highest BCUT2D eigenvalue weighted by Gasteiger charge is 2.20. The van der Waals surface area contributed by atoms with Gasteiger partial charge in [-0.25, -0.2) is 9.07 Å². The van der Waals surface area contributed by atoms with E-state index in [1.54, 1.807) is 6.07 Å². The van der Waals surface area contributed by atoms with Crippen LogP contribution < -0.4 is 16.0 Å². The van der Waals surface area contributed by atoms with Gasteiger partial charge in [0.15, 0.2) is 0 Å². The number of aromatic nitrogens is 2. The van der Waals surface area contributed by atoms with Crippen molar-refractivity contribution in [2.75, 3.05) is 50.0 Å². The second kappa shape index (κ2) is 10.7. The first kappa shape index (κ1) is 24.3. The average molecular weight is 488 g/mol. The molecule has 1 aromatic heterocycles. The Hall–Kier alpha value is -3.41. The normalized spacial score (nSPS) is 20.8. The van der Waals surface area contributed by atoms with Crippen molar-refractivity contribution in [1.29, 1.82) is 5.26 Å². The molecule has 3 aromatic rings. The molecule has 1 aliphatic carbocycles. The molecular weight excluding hydrogens is 453 g/mol. The summed E-state index contributed by atoms with van der Waals surface area (Å²) in [6.07, 6.45) is 4.46. The van der Waals surface area contributed by atoms with Crippen molar-refractivity contribution in [2.24, 2.45) is 11.7 Å². The molecule has 2 atom stereocenters. The lowest BCUT2D eigenvalue weighted by atomic mass is 9.86. The number of nitrogens with one attached hydrogen (secondary N) is 1. The summed E-state index contributed by atoms with van der Waals surface area (Å²) in [5.41, 5.74) is 9.75. The van der Waals surface area contributed by atoms with Crippen LogP contribution in [0.3, 0.4) is 0 Å². The highest BCUT2D eigenvalue weighted by Crippen LogP contribution is 2.30. The molecule has 2 aliphatic rings. The molecule has 0 unspecified atom stereocenters. The largest absolute Gasteiger partial charge is 0.369 e. The first-order valence-corrected chi connectivity index (χ1v) is 12.8. The van der Waals surface area contributed by atoms with Crippen molar-refractivity contribution in [3.8, 4) is 23.0 Å². The third-order valence-corrected chi connectivity index (χ3v) is 7.45. The SMILES string of the molecule is CN1CCN(c2ccc(-n3nc(NC[C@H]4CCC[C@H](N)C4)cc3-c3ccc(C#N)c(F)c3)cc2)CC1. The Bertz CT molecular complexity index is 1220. The molecule has 7 nitrogen and oxygen atoms in total. The fourth-order valence-electron chi connectivity index (χ4n) is 5.27. The van der Waals surface area contributed by atoms with Gasteiger partial charge < -0.3 is 20.9 Å². The minimum atomic E-state index is -0.529. The van der Waals surface area contributed by atoms with Crippen LogP contribution in [0.4, 0.5) is 15.9 Å². The summed E-state index contributed by atoms with van der Waals surface area (Å²) >= 11 is 0. The van der Waals surface area contributed by atoms with Crippen molar-refractivity contribution < 1.29 is 4.39 Å². The molecule has 1 saturated carbocycles. The van der Waals surface area contributed by atoms with Crippen LogP contribution in [-0.4, -0.2) is 60.5 Å². The molecule has 0 bridgehead atoms. The number of hydrogen-bond acceptors (Lipinski definition) is 6. The fourth-order valence-corrected chi connectivity index (χ4v) is 5.27. The number of halogens is 1. The van der Waals surface area contributed by atoms with Crippen LogP contribution in [0.25, 0.3) is 16.9 Å². The Morgan fingerprint density at radius 3 is 2.50 bits per heavy atom. The van der Waals surface area contributed by atoms with Gasteiger partial charge in [-0.2, -0.15) is 5.26 Å². The molecule has 1 saturated heterocycles. The van der Waals surface area contributed by atoms with E-state index < -0.39 is 5.82 Å². The lowest BCUT2D eigenvalue weighted by Crippen LogP contribution is -2.44. The molecule has 0 spiro atoms. The molecule has 188 valence electrons. The molecule has 2 heterocycles. The molecule has 2 fully saturated rings. The second-order valence-electron chi connectivity index (χ2n) is 10.1. The molecule has 8 heteroatoms. The number of rotatable bonds is 6. The maximum absolute atomic E-state index is 14.5. The van der Waals surface area contributed by atoms with Crippen LogP contribution in [0.2, 0.25) is 0 Å². The third kappa shape index (κ3) is 5.38. The number of nitrogens with zero attached hydrogens (tertiary/aromatic N) is 5. The summed E-state index contributed by atoms with van der Waals surface area (Å²) in [7, 11) is 2.15. The Morgan fingerprint density at radius 1 is 1.06 bits per heavy atom. The van der Waals surface area contributed by atoms with E-state index in [1.165, 1.54) is 24.2 Å². The summed E-state index contributed by atoms with van der Waals surface area (Å²) in [6.45, 7) is 4.93. The molecule has 5 rings (SSSR count). The first-order valence-electron chi connectivity index (χ1n) is 12.8. The van der Waals surface area contributed by atoms with E-state index >= 15 is 0 Å². The number of hydrogen-bond donors (Lipinski definition) is 2. The standard InChI is InChI=1S/C28H34FN7/c1-34-11-13-35(14-12-34)24-7-9-25(10-8-24)36-27(21-5-6-22(18-30)26(29)16-21)17-28(33-36)32-19-20-3-2-4-23(31)15-20/h5-10,16-17,20,23H,2-4,11-15,19,31H2,1H3,(H,32,33)/t20-,23-/m0/s1. The van der Waals surface area contributed by atoms with E-state index in [1.807, 2.05) is 16.8 Å². The van der Waals surface area contributed by atoms with Gasteiger partial charge in [-0.05, 0) is 68.6 Å². The summed E-state index contributed by atoms with van der Waals surface area (Å²) in [5, 5.41) is 17.5. The Kier molecular flexibility index (Phi) is 7.21. The van der Waals surface area contributed by atoms with Crippen LogP contribution in [0.5, 0.6) is 0 Å². The van der Waals surface area contributed by atoms with Gasteiger partial charge in [-0.1, -0.05) is 12.5 Å². The molecule has 0 radical (unpaired) electrons. The molecule has 3 N–H and O–H groups in total. The van der Waals surface area contributed by atoms with Crippen LogP contribution >= 0.6 is 0 Å². The fraction of sp³-hybridized carbons (Fsp3) is 0.429. The van der Waals surface area contributed by atoms with Gasteiger partial charge in [0.05, 0.1) is 16.9 Å². The number of nitriles is 1. The van der Waals surface area contributed by atoms with Crippen molar-refractivity contribution in [3.05, 3.63) is 59.9 Å². The average Bonchev–Trinajstić information content (AvgIpc) is 3.32. The predicted octanol–water partition coefficient (Wildman–Crippen LogP) is 4.23. The minimum Gasteiger partial charge on any atom is -0.369 e. The van der Waals surface area contributed by atoms with Gasteiger partial charge in [-0.3, -0.25) is 0 Å². The van der Waals surface area contributed by atoms with Gasteiger partial charge in [0, 0.05) is 56.1 Å². The quantitative estimate of drug-likeness (QED) is 0.541. The van der Waals surface area contributed by atoms with Gasteiger partial charge in [0.1, 0.15) is 17.7 Å². The third-order valence-electron chi connectivity index (χ3n) is 7.45. The molecule has 0 amide bonds. The van der Waals surface area contributed by atoms with E-state index in [0.717, 1.165) is 69.2 Å². The minimum absolute atomic E-state index is 0.0355. The van der Waals surface area contributed by atoms with Gasteiger partial charge in [0.25, 0.3) is 0 Å². The Morgan fingerprint density at radius 2 is 1.81 bits per heavy atom. The number of benzene rings is 2. The molecule has 2 aromatic carbocycles. The van der Waals surface area contributed by atoms with E-state index in [9.17, 15) is 4.39 Å².